The minimum atomic E-state index is -1.31. The van der Waals surface area contributed by atoms with Gasteiger partial charge in [-0.25, -0.2) is 18.6 Å². The molecular weight excluding hydrogens is 652 g/mol. The molecule has 254 valence electrons. The number of halogens is 3. The Balaban J connectivity index is 1.12. The van der Waals surface area contributed by atoms with E-state index in [2.05, 4.69) is 22.8 Å². The van der Waals surface area contributed by atoms with Gasteiger partial charge in [-0.3, -0.25) is 4.90 Å². The number of aromatic nitrogens is 2. The highest BCUT2D eigenvalue weighted by molar-refractivity contribution is 6.30. The van der Waals surface area contributed by atoms with Gasteiger partial charge in [0.1, 0.15) is 28.8 Å². The summed E-state index contributed by atoms with van der Waals surface area (Å²) in [7, 11) is 0. The second kappa shape index (κ2) is 13.8. The molecule has 2 atom stereocenters. The molecule has 0 spiro atoms. The van der Waals surface area contributed by atoms with Crippen molar-refractivity contribution in [2.45, 2.75) is 64.0 Å². The van der Waals surface area contributed by atoms with Crippen molar-refractivity contribution in [3.05, 3.63) is 100.0 Å². The van der Waals surface area contributed by atoms with Crippen LogP contribution >= 0.6 is 11.6 Å². The minimum Gasteiger partial charge on any atom is -0.456 e. The number of ether oxygens (including phenoxy) is 4. The number of likely N-dealkylation sites (tertiary alicyclic amines) is 1. The van der Waals surface area contributed by atoms with Crippen molar-refractivity contribution >= 4 is 17.6 Å². The fourth-order valence-electron chi connectivity index (χ4n) is 6.70. The van der Waals surface area contributed by atoms with E-state index in [1.807, 2.05) is 16.7 Å². The molecule has 7 rings (SSSR count). The number of hydrogen-bond donors (Lipinski definition) is 0. The van der Waals surface area contributed by atoms with E-state index < -0.39 is 17.6 Å². The van der Waals surface area contributed by atoms with E-state index >= 15 is 0 Å². The Morgan fingerprint density at radius 2 is 1.86 bits per heavy atom. The number of para-hydroxylation sites is 1. The maximum absolute atomic E-state index is 14.9. The number of fused-ring (bicyclic) bond motifs is 1. The van der Waals surface area contributed by atoms with Crippen molar-refractivity contribution in [1.29, 1.82) is 0 Å². The Hall–Kier alpha value is -4.43. The van der Waals surface area contributed by atoms with Crippen molar-refractivity contribution < 1.29 is 32.5 Å². The van der Waals surface area contributed by atoms with E-state index in [9.17, 15) is 13.6 Å². The molecule has 3 aromatic carbocycles. The molecule has 3 aliphatic rings. The normalized spacial score (nSPS) is 20.4. The summed E-state index contributed by atoms with van der Waals surface area (Å²) in [5.74, 6) is 5.07. The van der Waals surface area contributed by atoms with Gasteiger partial charge in [0.15, 0.2) is 11.5 Å². The summed E-state index contributed by atoms with van der Waals surface area (Å²) in [5, 5.41) is 0.305. The number of carbonyl (C=O) groups excluding carboxylic acids is 1. The maximum atomic E-state index is 14.9. The zero-order chi connectivity index (χ0) is 34.1. The average Bonchev–Trinajstić information content (AvgIpc) is 3.59. The zero-order valence-electron chi connectivity index (χ0n) is 27.3. The molecule has 3 aliphatic heterocycles. The molecule has 2 saturated heterocycles. The molecule has 1 aromatic heterocycles. The first-order valence-corrected chi connectivity index (χ1v) is 16.9. The molecule has 49 heavy (non-hydrogen) atoms. The standard InChI is InChI=1S/C38H36ClF2N3O5/c1-3-46-35(45)14-13-32-36(25-7-10-27(40)11-8-25)42-34(44(32)22-28-17-20-47-28)23-43-18-15-24(16-19-43)29-5-4-6-33-37(29)49-38(2,48-33)30-12-9-26(39)21-31(30)41/h4-12,21,24,28H,3,15-20,22-23H2,1-2H3/t28-,38-/m0/s1. The maximum Gasteiger partial charge on any atom is 0.384 e. The number of rotatable bonds is 8. The van der Waals surface area contributed by atoms with Gasteiger partial charge in [0, 0.05) is 35.6 Å². The molecule has 2 fully saturated rings. The summed E-state index contributed by atoms with van der Waals surface area (Å²) in [5.41, 5.74) is 3.17. The van der Waals surface area contributed by atoms with E-state index in [0.29, 0.717) is 53.2 Å². The van der Waals surface area contributed by atoms with Crippen LogP contribution in [-0.2, 0) is 33.1 Å². The second-order valence-electron chi connectivity index (χ2n) is 12.6. The van der Waals surface area contributed by atoms with Gasteiger partial charge in [-0.1, -0.05) is 23.7 Å². The fraction of sp³-hybridized carbons (Fsp3) is 0.368. The van der Waals surface area contributed by atoms with Crippen molar-refractivity contribution in [3.8, 4) is 34.6 Å². The second-order valence-corrected chi connectivity index (χ2v) is 13.0. The largest absolute Gasteiger partial charge is 0.456 e. The van der Waals surface area contributed by atoms with Gasteiger partial charge >= 0.3 is 5.97 Å². The van der Waals surface area contributed by atoms with Crippen LogP contribution in [0.4, 0.5) is 8.78 Å². The predicted octanol–water partition coefficient (Wildman–Crippen LogP) is 7.21. The molecule has 8 nitrogen and oxygen atoms in total. The Labute approximate surface area is 288 Å². The lowest BCUT2D eigenvalue weighted by Crippen LogP contribution is -2.35. The summed E-state index contributed by atoms with van der Waals surface area (Å²) in [4.78, 5) is 19.6. The van der Waals surface area contributed by atoms with Gasteiger partial charge in [-0.15, -0.1) is 0 Å². The molecule has 0 aliphatic carbocycles. The van der Waals surface area contributed by atoms with Gasteiger partial charge in [-0.05, 0) is 99.6 Å². The first kappa shape index (κ1) is 33.1. The van der Waals surface area contributed by atoms with Gasteiger partial charge in [-0.2, -0.15) is 0 Å². The molecule has 0 amide bonds. The predicted molar refractivity (Wildman–Crippen MR) is 179 cm³/mol. The summed E-state index contributed by atoms with van der Waals surface area (Å²) in [6.07, 6.45) is 2.64. The number of imidazole rings is 1. The molecule has 0 unspecified atom stereocenters. The fourth-order valence-corrected chi connectivity index (χ4v) is 6.86. The molecule has 11 heteroatoms. The van der Waals surface area contributed by atoms with Crippen LogP contribution < -0.4 is 9.47 Å². The molecule has 4 heterocycles. The third-order valence-corrected chi connectivity index (χ3v) is 9.56. The SMILES string of the molecule is CCOC(=O)C#Cc1c(-c2ccc(F)cc2)nc(CN2CCC(c3cccc4c3O[C@@](C)(c3ccc(Cl)cc3F)O4)CC2)n1C[C@@H]1CCO1. The Bertz CT molecular complexity index is 1930. The van der Waals surface area contributed by atoms with E-state index in [1.165, 1.54) is 18.2 Å². The number of piperidine rings is 1. The van der Waals surface area contributed by atoms with Crippen LogP contribution in [0.3, 0.4) is 0 Å². The monoisotopic (exact) mass is 687 g/mol. The highest BCUT2D eigenvalue weighted by Crippen LogP contribution is 2.50. The van der Waals surface area contributed by atoms with Crippen LogP contribution in [0, 0.1) is 23.5 Å². The Kier molecular flexibility index (Phi) is 9.34. The van der Waals surface area contributed by atoms with E-state index in [4.69, 9.17) is 35.5 Å². The summed E-state index contributed by atoms with van der Waals surface area (Å²) in [6.45, 7) is 7.04. The van der Waals surface area contributed by atoms with Crippen molar-refractivity contribution in [2.24, 2.45) is 0 Å². The van der Waals surface area contributed by atoms with Gasteiger partial charge in [0.2, 0.25) is 0 Å². The summed E-state index contributed by atoms with van der Waals surface area (Å²) >= 11 is 5.99. The molecule has 4 aromatic rings. The Morgan fingerprint density at radius 1 is 1.08 bits per heavy atom. The lowest BCUT2D eigenvalue weighted by molar-refractivity contribution is -0.136. The number of hydrogen-bond acceptors (Lipinski definition) is 7. The minimum absolute atomic E-state index is 0.0114. The quantitative estimate of drug-likeness (QED) is 0.143. The third kappa shape index (κ3) is 6.89. The molecular formula is C38H36ClF2N3O5. The Morgan fingerprint density at radius 3 is 2.55 bits per heavy atom. The van der Waals surface area contributed by atoms with E-state index in [0.717, 1.165) is 43.7 Å². The number of esters is 1. The number of carbonyl (C=O) groups is 1. The average molecular weight is 688 g/mol. The number of nitrogens with zero attached hydrogens (tertiary/aromatic N) is 3. The van der Waals surface area contributed by atoms with Crippen molar-refractivity contribution in [2.75, 3.05) is 26.3 Å². The highest BCUT2D eigenvalue weighted by Gasteiger charge is 2.43. The van der Waals surface area contributed by atoms with Gasteiger partial charge < -0.3 is 23.5 Å². The van der Waals surface area contributed by atoms with Crippen molar-refractivity contribution in [1.82, 2.24) is 14.5 Å². The molecule has 0 N–H and O–H groups in total. The van der Waals surface area contributed by atoms with Gasteiger partial charge in [0.05, 0.1) is 31.4 Å². The molecule has 0 radical (unpaired) electrons. The topological polar surface area (TPSA) is 75.0 Å². The van der Waals surface area contributed by atoms with E-state index in [-0.39, 0.29) is 30.0 Å². The lowest BCUT2D eigenvalue weighted by Gasteiger charge is -2.33. The van der Waals surface area contributed by atoms with Crippen LogP contribution in [0.1, 0.15) is 61.7 Å². The van der Waals surface area contributed by atoms with Crippen LogP contribution in [0.15, 0.2) is 60.7 Å². The smallest absolute Gasteiger partial charge is 0.384 e. The highest BCUT2D eigenvalue weighted by atomic mass is 35.5. The van der Waals surface area contributed by atoms with Crippen LogP contribution in [0.25, 0.3) is 11.3 Å². The van der Waals surface area contributed by atoms with E-state index in [1.54, 1.807) is 38.1 Å². The lowest BCUT2D eigenvalue weighted by atomic mass is 9.88. The zero-order valence-corrected chi connectivity index (χ0v) is 28.1. The third-order valence-electron chi connectivity index (χ3n) is 9.33. The molecule has 0 saturated carbocycles. The summed E-state index contributed by atoms with van der Waals surface area (Å²) < 4.78 is 54.2. The first-order chi connectivity index (χ1) is 23.7. The first-order valence-electron chi connectivity index (χ1n) is 16.5. The number of benzene rings is 3. The van der Waals surface area contributed by atoms with Crippen LogP contribution in [-0.4, -0.2) is 52.8 Å². The molecule has 0 bridgehead atoms. The van der Waals surface area contributed by atoms with Crippen LogP contribution in [0.2, 0.25) is 5.02 Å². The van der Waals surface area contributed by atoms with Crippen LogP contribution in [0.5, 0.6) is 11.5 Å². The summed E-state index contributed by atoms with van der Waals surface area (Å²) in [6, 6.07) is 16.5. The van der Waals surface area contributed by atoms with Gasteiger partial charge in [0.25, 0.3) is 5.79 Å². The van der Waals surface area contributed by atoms with Crippen molar-refractivity contribution in [3.63, 3.8) is 0 Å².